The number of amides is 1. The Hall–Kier alpha value is -2.63. The largest absolute Gasteiger partial charge is 0.394 e. The number of hydrogen-bond donors (Lipinski definition) is 6. The molecule has 0 radical (unpaired) electrons. The predicted molar refractivity (Wildman–Crippen MR) is 276 cm³/mol. The second-order valence-electron chi connectivity index (χ2n) is 18.3. The van der Waals surface area contributed by atoms with E-state index in [1.54, 1.807) is 6.08 Å². The van der Waals surface area contributed by atoms with Gasteiger partial charge >= 0.3 is 0 Å². The molecule has 0 saturated carbocycles. The maximum Gasteiger partial charge on any atom is 0.220 e. The van der Waals surface area contributed by atoms with Crippen molar-refractivity contribution >= 4 is 5.91 Å². The van der Waals surface area contributed by atoms with Gasteiger partial charge in [-0.3, -0.25) is 4.79 Å². The van der Waals surface area contributed by atoms with E-state index >= 15 is 0 Å². The number of aliphatic hydroxyl groups excluding tert-OH is 5. The van der Waals surface area contributed by atoms with Crippen LogP contribution < -0.4 is 5.32 Å². The molecule has 1 amide bonds. The van der Waals surface area contributed by atoms with Gasteiger partial charge in [-0.15, -0.1) is 0 Å². The average molecular weight is 926 g/mol. The fraction of sp³-hybridized carbons (Fsp3) is 0.737. The molecule has 0 spiro atoms. The highest BCUT2D eigenvalue weighted by Gasteiger charge is 2.44. The minimum absolute atomic E-state index is 0.217. The van der Waals surface area contributed by atoms with Crippen LogP contribution in [0.4, 0.5) is 0 Å². The van der Waals surface area contributed by atoms with E-state index in [9.17, 15) is 30.3 Å². The van der Waals surface area contributed by atoms with Gasteiger partial charge in [0.15, 0.2) is 6.29 Å². The molecule has 380 valence electrons. The summed E-state index contributed by atoms with van der Waals surface area (Å²) in [6.07, 6.45) is 57.9. The molecule has 7 atom stereocenters. The summed E-state index contributed by atoms with van der Waals surface area (Å²) in [4.78, 5) is 13.0. The molecular formula is C57H99NO8. The highest BCUT2D eigenvalue weighted by Crippen LogP contribution is 2.23. The van der Waals surface area contributed by atoms with Gasteiger partial charge in [-0.1, -0.05) is 208 Å². The van der Waals surface area contributed by atoms with Crippen molar-refractivity contribution in [3.8, 4) is 0 Å². The number of rotatable bonds is 44. The minimum atomic E-state index is -1.58. The zero-order valence-corrected chi connectivity index (χ0v) is 41.9. The molecule has 1 heterocycles. The molecule has 1 aliphatic rings. The zero-order chi connectivity index (χ0) is 48.0. The summed E-state index contributed by atoms with van der Waals surface area (Å²) in [7, 11) is 0. The van der Waals surface area contributed by atoms with Gasteiger partial charge in [0.2, 0.25) is 5.91 Å². The number of hydrogen-bond acceptors (Lipinski definition) is 8. The van der Waals surface area contributed by atoms with E-state index in [1.807, 2.05) is 6.08 Å². The molecule has 1 aliphatic heterocycles. The topological polar surface area (TPSA) is 149 Å². The molecule has 0 aromatic rings. The molecule has 0 bridgehead atoms. The highest BCUT2D eigenvalue weighted by molar-refractivity contribution is 5.76. The molecule has 9 heteroatoms. The maximum atomic E-state index is 13.0. The molecule has 66 heavy (non-hydrogen) atoms. The van der Waals surface area contributed by atoms with E-state index in [2.05, 4.69) is 92.1 Å². The van der Waals surface area contributed by atoms with Crippen molar-refractivity contribution in [1.29, 1.82) is 0 Å². The van der Waals surface area contributed by atoms with Gasteiger partial charge in [0.1, 0.15) is 24.4 Å². The van der Waals surface area contributed by atoms with Crippen molar-refractivity contribution in [2.75, 3.05) is 13.2 Å². The van der Waals surface area contributed by atoms with E-state index in [0.29, 0.717) is 12.8 Å². The molecule has 0 aromatic heterocycles. The molecule has 7 unspecified atom stereocenters. The lowest BCUT2D eigenvalue weighted by Crippen LogP contribution is -2.60. The molecule has 1 fully saturated rings. The zero-order valence-electron chi connectivity index (χ0n) is 41.9. The Kier molecular flexibility index (Phi) is 42.9. The van der Waals surface area contributed by atoms with Gasteiger partial charge < -0.3 is 40.3 Å². The van der Waals surface area contributed by atoms with Gasteiger partial charge in [0.25, 0.3) is 0 Å². The summed E-state index contributed by atoms with van der Waals surface area (Å²) in [6, 6.07) is -0.846. The van der Waals surface area contributed by atoms with Crippen LogP contribution in [0.15, 0.2) is 85.1 Å². The van der Waals surface area contributed by atoms with Gasteiger partial charge in [-0.2, -0.15) is 0 Å². The number of carbonyl (C=O) groups excluding carboxylic acids is 1. The second-order valence-corrected chi connectivity index (χ2v) is 18.3. The van der Waals surface area contributed by atoms with E-state index in [4.69, 9.17) is 9.47 Å². The van der Waals surface area contributed by atoms with E-state index < -0.39 is 49.5 Å². The summed E-state index contributed by atoms with van der Waals surface area (Å²) in [6.45, 7) is 3.63. The van der Waals surface area contributed by atoms with Crippen molar-refractivity contribution in [2.24, 2.45) is 0 Å². The number of aliphatic hydroxyl groups is 5. The Morgan fingerprint density at radius 2 is 0.955 bits per heavy atom. The number of unbranched alkanes of at least 4 members (excludes halogenated alkanes) is 22. The Labute approximate surface area is 403 Å². The molecule has 9 nitrogen and oxygen atoms in total. The quantitative estimate of drug-likeness (QED) is 0.0261. The second kappa shape index (κ2) is 46.1. The Balaban J connectivity index is 2.32. The maximum absolute atomic E-state index is 13.0. The van der Waals surface area contributed by atoms with Crippen LogP contribution in [0.25, 0.3) is 0 Å². The summed E-state index contributed by atoms with van der Waals surface area (Å²) in [5.41, 5.74) is 0. The summed E-state index contributed by atoms with van der Waals surface area (Å²) in [5.74, 6) is -0.217. The lowest BCUT2D eigenvalue weighted by atomic mass is 9.99. The van der Waals surface area contributed by atoms with E-state index in [0.717, 1.165) is 83.5 Å². The Morgan fingerprint density at radius 1 is 0.530 bits per heavy atom. The molecule has 1 rings (SSSR count). The Bertz CT molecular complexity index is 1300. The van der Waals surface area contributed by atoms with Crippen molar-refractivity contribution in [3.05, 3.63) is 85.1 Å². The third kappa shape index (κ3) is 35.5. The fourth-order valence-corrected chi connectivity index (χ4v) is 7.94. The van der Waals surface area contributed by atoms with Crippen LogP contribution in [0.3, 0.4) is 0 Å². The molecular weight excluding hydrogens is 827 g/mol. The number of allylic oxidation sites excluding steroid dienone is 13. The first-order chi connectivity index (χ1) is 32.3. The standard InChI is InChI=1S/C57H99NO8/c1-3-5-7-9-11-13-15-17-19-21-22-23-24-25-26-27-28-29-31-32-34-36-38-40-42-44-46-51(60)50(49-65-57-56(64)55(63)54(62)52(48-59)66-57)58-53(61)47-45-43-41-39-37-35-33-30-20-18-16-14-12-10-8-6-4-2/h6,8,12,14,18,20,29,31,33,35-36,38,44,46,50-52,54-57,59-60,62-64H,3-5,7,9-11,13,15-17,19,21-28,30,32,34,37,39-43,45,47-49H2,1-2H3,(H,58,61)/b8-6-,14-12-,20-18-,31-29+,35-33-,38-36+,46-44+. The predicted octanol–water partition coefficient (Wildman–Crippen LogP) is 12.7. The van der Waals surface area contributed by atoms with E-state index in [1.165, 1.54) is 103 Å². The van der Waals surface area contributed by atoms with Gasteiger partial charge in [0.05, 0.1) is 25.4 Å². The van der Waals surface area contributed by atoms with Gasteiger partial charge in [-0.05, 0) is 83.5 Å². The van der Waals surface area contributed by atoms with E-state index in [-0.39, 0.29) is 12.5 Å². The fourth-order valence-electron chi connectivity index (χ4n) is 7.94. The minimum Gasteiger partial charge on any atom is -0.394 e. The summed E-state index contributed by atoms with van der Waals surface area (Å²) in [5, 5.41) is 54.3. The van der Waals surface area contributed by atoms with Crippen LogP contribution in [0.2, 0.25) is 0 Å². The molecule has 0 aromatic carbocycles. The van der Waals surface area contributed by atoms with Crippen LogP contribution >= 0.6 is 0 Å². The average Bonchev–Trinajstić information content (AvgIpc) is 3.32. The highest BCUT2D eigenvalue weighted by atomic mass is 16.7. The summed E-state index contributed by atoms with van der Waals surface area (Å²) >= 11 is 0. The first-order valence-corrected chi connectivity index (χ1v) is 26.8. The van der Waals surface area contributed by atoms with Crippen molar-refractivity contribution in [3.63, 3.8) is 0 Å². The van der Waals surface area contributed by atoms with Gasteiger partial charge in [-0.25, -0.2) is 0 Å². The normalized spacial score (nSPS) is 20.5. The third-order valence-electron chi connectivity index (χ3n) is 12.2. The van der Waals surface area contributed by atoms with Crippen LogP contribution in [-0.4, -0.2) is 87.5 Å². The lowest BCUT2D eigenvalue weighted by Gasteiger charge is -2.40. The van der Waals surface area contributed by atoms with Crippen LogP contribution in [0, 0.1) is 0 Å². The first kappa shape index (κ1) is 61.4. The van der Waals surface area contributed by atoms with Crippen molar-refractivity contribution in [1.82, 2.24) is 5.32 Å². The van der Waals surface area contributed by atoms with Crippen LogP contribution in [0.1, 0.15) is 213 Å². The van der Waals surface area contributed by atoms with Crippen LogP contribution in [0.5, 0.6) is 0 Å². The number of nitrogens with one attached hydrogen (secondary N) is 1. The van der Waals surface area contributed by atoms with Crippen molar-refractivity contribution < 1.29 is 39.8 Å². The summed E-state index contributed by atoms with van der Waals surface area (Å²) < 4.78 is 11.2. The lowest BCUT2D eigenvalue weighted by molar-refractivity contribution is -0.302. The Morgan fingerprint density at radius 3 is 1.45 bits per heavy atom. The monoisotopic (exact) mass is 926 g/mol. The molecule has 6 N–H and O–H groups in total. The first-order valence-electron chi connectivity index (χ1n) is 26.8. The van der Waals surface area contributed by atoms with Crippen molar-refractivity contribution in [2.45, 2.75) is 256 Å². The number of ether oxygens (including phenoxy) is 2. The smallest absolute Gasteiger partial charge is 0.220 e. The SMILES string of the molecule is CC/C=C\C/C=C\C/C=C\C/C=C\CCCCCCC(=O)NC(COC1OC(CO)C(O)C(O)C1O)C(O)/C=C/CC/C=C/CC/C=C/CCCCCCCCCCCCCCCCCC. The van der Waals surface area contributed by atoms with Crippen LogP contribution in [-0.2, 0) is 14.3 Å². The molecule has 1 saturated heterocycles. The van der Waals surface area contributed by atoms with Gasteiger partial charge in [0, 0.05) is 6.42 Å². The third-order valence-corrected chi connectivity index (χ3v) is 12.2. The molecule has 0 aliphatic carbocycles. The number of carbonyl (C=O) groups is 1.